The van der Waals surface area contributed by atoms with Crippen LogP contribution in [-0.2, 0) is 0 Å². The summed E-state index contributed by atoms with van der Waals surface area (Å²) >= 11 is 5.72. The molecule has 0 bridgehead atoms. The summed E-state index contributed by atoms with van der Waals surface area (Å²) in [5, 5.41) is 8.79. The molecule has 0 aliphatic heterocycles. The van der Waals surface area contributed by atoms with Crippen LogP contribution in [0.5, 0.6) is 0 Å². The lowest BCUT2D eigenvalue weighted by Crippen LogP contribution is -2.21. The Morgan fingerprint density at radius 2 is 1.93 bits per heavy atom. The first-order valence-corrected chi connectivity index (χ1v) is 4.55. The first-order valence-electron chi connectivity index (χ1n) is 4.18. The van der Waals surface area contributed by atoms with Gasteiger partial charge in [-0.15, -0.1) is 0 Å². The van der Waals surface area contributed by atoms with Crippen molar-refractivity contribution in [1.29, 1.82) is 0 Å². The lowest BCUT2D eigenvalue weighted by atomic mass is 10.1. The summed E-state index contributed by atoms with van der Waals surface area (Å²) in [6.45, 7) is 0. The third-order valence-electron chi connectivity index (χ3n) is 1.85. The summed E-state index contributed by atoms with van der Waals surface area (Å²) in [4.78, 5) is 23.5. The zero-order valence-corrected chi connectivity index (χ0v) is 9.08. The number of aromatic carboxylic acids is 1. The zero-order chi connectivity index (χ0) is 11.6. The summed E-state index contributed by atoms with van der Waals surface area (Å²) < 4.78 is 0. The van der Waals surface area contributed by atoms with Gasteiger partial charge in [0, 0.05) is 19.7 Å². The second-order valence-corrected chi connectivity index (χ2v) is 3.61. The zero-order valence-electron chi connectivity index (χ0n) is 8.32. The minimum atomic E-state index is -1.11. The summed E-state index contributed by atoms with van der Waals surface area (Å²) in [7, 11) is 3.22. The van der Waals surface area contributed by atoms with E-state index in [1.807, 2.05) is 0 Å². The van der Waals surface area contributed by atoms with Crippen LogP contribution >= 0.6 is 11.6 Å². The maximum Gasteiger partial charge on any atom is 0.337 e. The standard InChI is InChI=1S/C10H10ClNO3/c1-12(2)9(13)6-3-4-7(10(14)15)8(11)5-6/h3-5H,1-2H3,(H,14,15). The molecule has 1 rings (SSSR count). The second kappa shape index (κ2) is 4.31. The van der Waals surface area contributed by atoms with Crippen LogP contribution in [0.15, 0.2) is 18.2 Å². The highest BCUT2D eigenvalue weighted by molar-refractivity contribution is 6.33. The van der Waals surface area contributed by atoms with E-state index < -0.39 is 5.97 Å². The fraction of sp³-hybridized carbons (Fsp3) is 0.200. The summed E-state index contributed by atoms with van der Waals surface area (Å²) in [6, 6.07) is 4.12. The SMILES string of the molecule is CN(C)C(=O)c1ccc(C(=O)O)c(Cl)c1. The normalized spacial score (nSPS) is 9.80. The number of carbonyl (C=O) groups is 2. The monoisotopic (exact) mass is 227 g/mol. The predicted octanol–water partition coefficient (Wildman–Crippen LogP) is 1.74. The number of benzene rings is 1. The van der Waals surface area contributed by atoms with Gasteiger partial charge < -0.3 is 10.0 Å². The molecule has 0 spiro atoms. The molecule has 15 heavy (non-hydrogen) atoms. The number of nitrogens with zero attached hydrogens (tertiary/aromatic N) is 1. The molecular formula is C10H10ClNO3. The van der Waals surface area contributed by atoms with E-state index >= 15 is 0 Å². The highest BCUT2D eigenvalue weighted by atomic mass is 35.5. The molecule has 0 fully saturated rings. The van der Waals surface area contributed by atoms with Crippen molar-refractivity contribution in [2.24, 2.45) is 0 Å². The summed E-state index contributed by atoms with van der Waals surface area (Å²) in [5.74, 6) is -1.32. The molecule has 0 aliphatic rings. The van der Waals surface area contributed by atoms with Gasteiger partial charge in [-0.1, -0.05) is 11.6 Å². The van der Waals surface area contributed by atoms with Crippen molar-refractivity contribution in [3.63, 3.8) is 0 Å². The Morgan fingerprint density at radius 3 is 2.33 bits per heavy atom. The molecule has 5 heteroatoms. The van der Waals surface area contributed by atoms with E-state index in [9.17, 15) is 9.59 Å². The molecule has 0 aliphatic carbocycles. The van der Waals surface area contributed by atoms with Crippen LogP contribution in [0.1, 0.15) is 20.7 Å². The van der Waals surface area contributed by atoms with Crippen LogP contribution in [0, 0.1) is 0 Å². The molecule has 1 aromatic carbocycles. The van der Waals surface area contributed by atoms with Gasteiger partial charge in [0.2, 0.25) is 0 Å². The number of carboxylic acid groups (broad SMARTS) is 1. The quantitative estimate of drug-likeness (QED) is 0.837. The first kappa shape index (κ1) is 11.5. The fourth-order valence-electron chi connectivity index (χ4n) is 1.08. The number of amides is 1. The molecule has 0 saturated carbocycles. The molecule has 0 saturated heterocycles. The predicted molar refractivity (Wildman–Crippen MR) is 56.4 cm³/mol. The van der Waals surface area contributed by atoms with Gasteiger partial charge in [-0.2, -0.15) is 0 Å². The number of halogens is 1. The van der Waals surface area contributed by atoms with E-state index in [0.717, 1.165) is 0 Å². The highest BCUT2D eigenvalue weighted by Gasteiger charge is 2.13. The Kier molecular flexibility index (Phi) is 3.31. The molecule has 0 atom stereocenters. The van der Waals surface area contributed by atoms with Gasteiger partial charge in [-0.25, -0.2) is 4.79 Å². The molecule has 0 radical (unpaired) electrons. The van der Waals surface area contributed by atoms with E-state index in [0.29, 0.717) is 5.56 Å². The second-order valence-electron chi connectivity index (χ2n) is 3.20. The Bertz CT molecular complexity index is 415. The van der Waals surface area contributed by atoms with E-state index in [-0.39, 0.29) is 16.5 Å². The molecule has 1 N–H and O–H groups in total. The minimum Gasteiger partial charge on any atom is -0.478 e. The number of hydrogen-bond acceptors (Lipinski definition) is 2. The van der Waals surface area contributed by atoms with Crippen molar-refractivity contribution in [2.75, 3.05) is 14.1 Å². The third kappa shape index (κ3) is 2.47. The van der Waals surface area contributed by atoms with Crippen LogP contribution in [0.3, 0.4) is 0 Å². The maximum absolute atomic E-state index is 11.5. The van der Waals surface area contributed by atoms with Crippen LogP contribution in [-0.4, -0.2) is 36.0 Å². The molecule has 1 amide bonds. The Balaban J connectivity index is 3.12. The molecule has 0 unspecified atom stereocenters. The van der Waals surface area contributed by atoms with Gasteiger partial charge in [0.25, 0.3) is 5.91 Å². The fourth-order valence-corrected chi connectivity index (χ4v) is 1.34. The average Bonchev–Trinajstić information content (AvgIpc) is 2.15. The van der Waals surface area contributed by atoms with Crippen LogP contribution in [0.2, 0.25) is 5.02 Å². The van der Waals surface area contributed by atoms with Gasteiger partial charge in [0.1, 0.15) is 0 Å². The van der Waals surface area contributed by atoms with Gasteiger partial charge in [0.15, 0.2) is 0 Å². The topological polar surface area (TPSA) is 57.6 Å². The van der Waals surface area contributed by atoms with E-state index in [1.54, 1.807) is 14.1 Å². The number of rotatable bonds is 2. The van der Waals surface area contributed by atoms with Crippen LogP contribution in [0.25, 0.3) is 0 Å². The summed E-state index contributed by atoms with van der Waals surface area (Å²) in [6.07, 6.45) is 0. The van der Waals surface area contributed by atoms with Crippen molar-refractivity contribution in [1.82, 2.24) is 4.90 Å². The molecular weight excluding hydrogens is 218 g/mol. The Hall–Kier alpha value is -1.55. The van der Waals surface area contributed by atoms with Crippen LogP contribution < -0.4 is 0 Å². The van der Waals surface area contributed by atoms with Gasteiger partial charge in [-0.3, -0.25) is 4.79 Å². The smallest absolute Gasteiger partial charge is 0.337 e. The lowest BCUT2D eigenvalue weighted by molar-refractivity contribution is 0.0696. The minimum absolute atomic E-state index is 0.00743. The largest absolute Gasteiger partial charge is 0.478 e. The number of carbonyl (C=O) groups excluding carboxylic acids is 1. The van der Waals surface area contributed by atoms with E-state index in [1.165, 1.54) is 23.1 Å². The molecule has 0 heterocycles. The average molecular weight is 228 g/mol. The maximum atomic E-state index is 11.5. The molecule has 80 valence electrons. The Labute approximate surface area is 92.1 Å². The van der Waals surface area contributed by atoms with Crippen molar-refractivity contribution in [2.45, 2.75) is 0 Å². The molecule has 4 nitrogen and oxygen atoms in total. The van der Waals surface area contributed by atoms with E-state index in [4.69, 9.17) is 16.7 Å². The van der Waals surface area contributed by atoms with Crippen LogP contribution in [0.4, 0.5) is 0 Å². The lowest BCUT2D eigenvalue weighted by Gasteiger charge is -2.10. The van der Waals surface area contributed by atoms with Crippen molar-refractivity contribution >= 4 is 23.5 Å². The highest BCUT2D eigenvalue weighted by Crippen LogP contribution is 2.18. The van der Waals surface area contributed by atoms with Gasteiger partial charge in [0.05, 0.1) is 10.6 Å². The first-order chi connectivity index (χ1) is 6.93. The number of carboxylic acids is 1. The van der Waals surface area contributed by atoms with Crippen molar-refractivity contribution in [3.05, 3.63) is 34.3 Å². The number of hydrogen-bond donors (Lipinski definition) is 1. The van der Waals surface area contributed by atoms with Crippen molar-refractivity contribution < 1.29 is 14.7 Å². The Morgan fingerprint density at radius 1 is 1.33 bits per heavy atom. The third-order valence-corrected chi connectivity index (χ3v) is 2.17. The molecule has 0 aromatic heterocycles. The summed E-state index contributed by atoms with van der Waals surface area (Å²) in [5.41, 5.74) is 0.363. The molecule has 1 aromatic rings. The van der Waals surface area contributed by atoms with Gasteiger partial charge in [-0.05, 0) is 18.2 Å². The van der Waals surface area contributed by atoms with Crippen molar-refractivity contribution in [3.8, 4) is 0 Å². The van der Waals surface area contributed by atoms with Gasteiger partial charge >= 0.3 is 5.97 Å². The van der Waals surface area contributed by atoms with E-state index in [2.05, 4.69) is 0 Å².